The van der Waals surface area contributed by atoms with Crippen molar-refractivity contribution in [3.8, 4) is 0 Å². The van der Waals surface area contributed by atoms with E-state index in [1.807, 2.05) is 0 Å². The molecule has 0 bridgehead atoms. The standard InChI is InChI=1S/C10H18O5/c1-6(2)8(14-7(3)11)15-9(12)10(4,5)13/h6,8,13H,1-5H3. The summed E-state index contributed by atoms with van der Waals surface area (Å²) >= 11 is 0. The predicted molar refractivity (Wildman–Crippen MR) is 52.8 cm³/mol. The lowest BCUT2D eigenvalue weighted by Gasteiger charge is -2.24. The molecule has 5 heteroatoms. The number of hydrogen-bond donors (Lipinski definition) is 1. The van der Waals surface area contributed by atoms with Gasteiger partial charge in [0.25, 0.3) is 0 Å². The molecule has 0 fully saturated rings. The maximum absolute atomic E-state index is 11.3. The summed E-state index contributed by atoms with van der Waals surface area (Å²) in [6.07, 6.45) is -0.957. The summed E-state index contributed by atoms with van der Waals surface area (Å²) < 4.78 is 9.64. The van der Waals surface area contributed by atoms with Crippen LogP contribution in [0.25, 0.3) is 0 Å². The second-order valence-corrected chi connectivity index (χ2v) is 4.19. The molecule has 1 unspecified atom stereocenters. The van der Waals surface area contributed by atoms with E-state index < -0.39 is 23.8 Å². The van der Waals surface area contributed by atoms with Crippen molar-refractivity contribution in [2.45, 2.75) is 46.5 Å². The van der Waals surface area contributed by atoms with Crippen molar-refractivity contribution in [2.24, 2.45) is 5.92 Å². The first-order valence-corrected chi connectivity index (χ1v) is 4.75. The average molecular weight is 218 g/mol. The molecule has 0 amide bonds. The molecule has 1 N–H and O–H groups in total. The van der Waals surface area contributed by atoms with Gasteiger partial charge in [-0.05, 0) is 13.8 Å². The summed E-state index contributed by atoms with van der Waals surface area (Å²) in [7, 11) is 0. The normalized spacial score (nSPS) is 13.5. The van der Waals surface area contributed by atoms with Crippen molar-refractivity contribution in [1.29, 1.82) is 0 Å². The van der Waals surface area contributed by atoms with E-state index in [1.165, 1.54) is 20.8 Å². The van der Waals surface area contributed by atoms with E-state index in [9.17, 15) is 14.7 Å². The first-order chi connectivity index (χ1) is 6.64. The van der Waals surface area contributed by atoms with Gasteiger partial charge in [0.05, 0.1) is 0 Å². The Morgan fingerprint density at radius 1 is 1.20 bits per heavy atom. The third-order valence-corrected chi connectivity index (χ3v) is 1.55. The van der Waals surface area contributed by atoms with E-state index in [1.54, 1.807) is 13.8 Å². The second kappa shape index (κ2) is 5.11. The fourth-order valence-electron chi connectivity index (χ4n) is 0.709. The Balaban J connectivity index is 4.42. The van der Waals surface area contributed by atoms with Crippen molar-refractivity contribution < 1.29 is 24.2 Å². The molecule has 0 aromatic heterocycles. The van der Waals surface area contributed by atoms with Gasteiger partial charge >= 0.3 is 11.9 Å². The number of carbonyl (C=O) groups is 2. The monoisotopic (exact) mass is 218 g/mol. The van der Waals surface area contributed by atoms with Gasteiger partial charge in [0, 0.05) is 12.8 Å². The molecule has 0 heterocycles. The summed E-state index contributed by atoms with van der Waals surface area (Å²) in [4.78, 5) is 22.0. The minimum Gasteiger partial charge on any atom is -0.425 e. The third kappa shape index (κ3) is 5.37. The van der Waals surface area contributed by atoms with Crippen LogP contribution in [0.1, 0.15) is 34.6 Å². The highest BCUT2D eigenvalue weighted by molar-refractivity contribution is 5.78. The van der Waals surface area contributed by atoms with Gasteiger partial charge in [0.1, 0.15) is 0 Å². The fraction of sp³-hybridized carbons (Fsp3) is 0.800. The van der Waals surface area contributed by atoms with Crippen molar-refractivity contribution in [2.75, 3.05) is 0 Å². The van der Waals surface area contributed by atoms with Crippen LogP contribution >= 0.6 is 0 Å². The van der Waals surface area contributed by atoms with Crippen LogP contribution in [0.15, 0.2) is 0 Å². The second-order valence-electron chi connectivity index (χ2n) is 4.19. The summed E-state index contributed by atoms with van der Waals surface area (Å²) in [5.41, 5.74) is -1.59. The van der Waals surface area contributed by atoms with Crippen molar-refractivity contribution in [3.63, 3.8) is 0 Å². The molecule has 15 heavy (non-hydrogen) atoms. The van der Waals surface area contributed by atoms with E-state index in [-0.39, 0.29) is 5.92 Å². The van der Waals surface area contributed by atoms with Gasteiger partial charge in [-0.15, -0.1) is 0 Å². The van der Waals surface area contributed by atoms with Crippen LogP contribution < -0.4 is 0 Å². The van der Waals surface area contributed by atoms with E-state index in [0.717, 1.165) is 0 Å². The highest BCUT2D eigenvalue weighted by Crippen LogP contribution is 2.13. The highest BCUT2D eigenvalue weighted by Gasteiger charge is 2.30. The number of carbonyl (C=O) groups excluding carboxylic acids is 2. The minimum atomic E-state index is -1.59. The molecule has 0 aliphatic heterocycles. The summed E-state index contributed by atoms with van der Waals surface area (Å²) in [5, 5.41) is 9.34. The fourth-order valence-corrected chi connectivity index (χ4v) is 0.709. The zero-order chi connectivity index (χ0) is 12.2. The molecule has 0 rings (SSSR count). The van der Waals surface area contributed by atoms with Crippen LogP contribution in [-0.2, 0) is 19.1 Å². The van der Waals surface area contributed by atoms with Gasteiger partial charge < -0.3 is 14.6 Å². The van der Waals surface area contributed by atoms with E-state index in [4.69, 9.17) is 9.47 Å². The Bertz CT molecular complexity index is 239. The maximum Gasteiger partial charge on any atom is 0.340 e. The molecule has 0 aromatic carbocycles. The minimum absolute atomic E-state index is 0.166. The van der Waals surface area contributed by atoms with Gasteiger partial charge in [0.15, 0.2) is 5.60 Å². The lowest BCUT2D eigenvalue weighted by molar-refractivity contribution is -0.205. The molecule has 0 aliphatic rings. The topological polar surface area (TPSA) is 72.8 Å². The number of esters is 2. The van der Waals surface area contributed by atoms with Crippen molar-refractivity contribution in [1.82, 2.24) is 0 Å². The zero-order valence-electron chi connectivity index (χ0n) is 9.73. The molecular weight excluding hydrogens is 200 g/mol. The van der Waals surface area contributed by atoms with Gasteiger partial charge in [0.2, 0.25) is 6.29 Å². The molecule has 5 nitrogen and oxygen atoms in total. The lowest BCUT2D eigenvalue weighted by atomic mass is 10.1. The van der Waals surface area contributed by atoms with Gasteiger partial charge in [-0.1, -0.05) is 13.8 Å². The number of rotatable bonds is 4. The molecule has 88 valence electrons. The van der Waals surface area contributed by atoms with Crippen LogP contribution in [0.3, 0.4) is 0 Å². The predicted octanol–water partition coefficient (Wildman–Crippen LogP) is 0.846. The first-order valence-electron chi connectivity index (χ1n) is 4.75. The van der Waals surface area contributed by atoms with Crippen molar-refractivity contribution in [3.05, 3.63) is 0 Å². The van der Waals surface area contributed by atoms with E-state index >= 15 is 0 Å². The van der Waals surface area contributed by atoms with E-state index in [0.29, 0.717) is 0 Å². The van der Waals surface area contributed by atoms with Crippen molar-refractivity contribution >= 4 is 11.9 Å². The van der Waals surface area contributed by atoms with Crippen LogP contribution in [-0.4, -0.2) is 28.9 Å². The molecule has 1 atom stereocenters. The quantitative estimate of drug-likeness (QED) is 0.559. The first kappa shape index (κ1) is 13.9. The Labute approximate surface area is 89.4 Å². The molecule has 0 spiro atoms. The van der Waals surface area contributed by atoms with Crippen LogP contribution in [0.5, 0.6) is 0 Å². The van der Waals surface area contributed by atoms with Gasteiger partial charge in [-0.2, -0.15) is 0 Å². The maximum atomic E-state index is 11.3. The molecule has 0 aliphatic carbocycles. The number of aliphatic hydroxyl groups is 1. The van der Waals surface area contributed by atoms with Crippen LogP contribution in [0.4, 0.5) is 0 Å². The molecule has 0 aromatic rings. The summed E-state index contributed by atoms with van der Waals surface area (Å²) in [5.74, 6) is -1.51. The van der Waals surface area contributed by atoms with Crippen LogP contribution in [0, 0.1) is 5.92 Å². The Kier molecular flexibility index (Phi) is 4.74. The smallest absolute Gasteiger partial charge is 0.340 e. The molecule has 0 saturated heterocycles. The Morgan fingerprint density at radius 2 is 1.67 bits per heavy atom. The zero-order valence-corrected chi connectivity index (χ0v) is 9.73. The summed E-state index contributed by atoms with van der Waals surface area (Å²) in [6.45, 7) is 7.32. The highest BCUT2D eigenvalue weighted by atomic mass is 16.7. The molecule has 0 radical (unpaired) electrons. The summed E-state index contributed by atoms with van der Waals surface area (Å²) in [6, 6.07) is 0. The number of ether oxygens (including phenoxy) is 2. The third-order valence-electron chi connectivity index (χ3n) is 1.55. The van der Waals surface area contributed by atoms with Gasteiger partial charge in [-0.25, -0.2) is 4.79 Å². The van der Waals surface area contributed by atoms with Gasteiger partial charge in [-0.3, -0.25) is 4.79 Å². The Hall–Kier alpha value is -1.10. The van der Waals surface area contributed by atoms with Crippen LogP contribution in [0.2, 0.25) is 0 Å². The SMILES string of the molecule is CC(=O)OC(OC(=O)C(C)(C)O)C(C)C. The molecule has 0 saturated carbocycles. The largest absolute Gasteiger partial charge is 0.425 e. The lowest BCUT2D eigenvalue weighted by Crippen LogP contribution is -2.39. The number of hydrogen-bond acceptors (Lipinski definition) is 5. The Morgan fingerprint density at radius 3 is 1.93 bits per heavy atom. The molecular formula is C10H18O5. The van der Waals surface area contributed by atoms with E-state index in [2.05, 4.69) is 0 Å². The average Bonchev–Trinajstić information content (AvgIpc) is 1.99.